The minimum absolute atomic E-state index is 0. The van der Waals surface area contributed by atoms with Crippen LogP contribution in [0.5, 0.6) is 0 Å². The van der Waals surface area contributed by atoms with Crippen molar-refractivity contribution < 1.29 is 4.39 Å². The number of piperazine rings is 1. The molecule has 1 aliphatic rings. The molecule has 0 radical (unpaired) electrons. The van der Waals surface area contributed by atoms with E-state index in [1.807, 2.05) is 6.07 Å². The molecule has 0 spiro atoms. The van der Waals surface area contributed by atoms with Crippen molar-refractivity contribution in [2.75, 3.05) is 26.2 Å². The zero-order valence-electron chi connectivity index (χ0n) is 11.1. The second-order valence-electron chi connectivity index (χ2n) is 4.76. The topological polar surface area (TPSA) is 15.3 Å². The molecular weight excluding hydrogens is 295 g/mol. The van der Waals surface area contributed by atoms with Crippen molar-refractivity contribution >= 4 is 23.7 Å². The molecule has 1 N–H and O–H groups in total. The molecule has 0 aliphatic carbocycles. The van der Waals surface area contributed by atoms with E-state index in [1.54, 1.807) is 23.5 Å². The fourth-order valence-corrected chi connectivity index (χ4v) is 3.50. The average molecular weight is 313 g/mol. The maximum Gasteiger partial charge on any atom is 0.123 e. The van der Waals surface area contributed by atoms with Gasteiger partial charge in [-0.2, -0.15) is 0 Å². The predicted octanol–water partition coefficient (Wildman–Crippen LogP) is 3.30. The van der Waals surface area contributed by atoms with Gasteiger partial charge >= 0.3 is 0 Å². The van der Waals surface area contributed by atoms with Crippen LogP contribution in [-0.4, -0.2) is 31.1 Å². The van der Waals surface area contributed by atoms with Crippen molar-refractivity contribution in [1.82, 2.24) is 10.2 Å². The third-order valence-electron chi connectivity index (χ3n) is 3.49. The van der Waals surface area contributed by atoms with E-state index in [2.05, 4.69) is 27.7 Å². The van der Waals surface area contributed by atoms with Gasteiger partial charge in [0.1, 0.15) is 5.82 Å². The molecule has 1 atom stereocenters. The molecule has 2 heterocycles. The molecule has 1 fully saturated rings. The molecule has 0 bridgehead atoms. The molecule has 0 saturated carbocycles. The Morgan fingerprint density at radius 1 is 1.15 bits per heavy atom. The normalized spacial score (nSPS) is 17.4. The summed E-state index contributed by atoms with van der Waals surface area (Å²) in [5, 5.41) is 5.45. The number of nitrogens with zero attached hydrogens (tertiary/aromatic N) is 1. The second-order valence-corrected chi connectivity index (χ2v) is 5.74. The van der Waals surface area contributed by atoms with Crippen LogP contribution in [-0.2, 0) is 0 Å². The highest BCUT2D eigenvalue weighted by Crippen LogP contribution is 2.32. The third-order valence-corrected chi connectivity index (χ3v) is 4.42. The van der Waals surface area contributed by atoms with Crippen LogP contribution in [0, 0.1) is 5.82 Å². The third kappa shape index (κ3) is 3.38. The molecule has 1 aliphatic heterocycles. The van der Waals surface area contributed by atoms with Crippen molar-refractivity contribution in [3.8, 4) is 0 Å². The summed E-state index contributed by atoms with van der Waals surface area (Å²) in [6, 6.07) is 11.4. The van der Waals surface area contributed by atoms with E-state index < -0.39 is 0 Å². The summed E-state index contributed by atoms with van der Waals surface area (Å²) < 4.78 is 13.5. The van der Waals surface area contributed by atoms with E-state index in [9.17, 15) is 4.39 Å². The Bertz CT molecular complexity index is 526. The Balaban J connectivity index is 0.00000147. The second kappa shape index (κ2) is 7.18. The Morgan fingerprint density at radius 2 is 1.95 bits per heavy atom. The van der Waals surface area contributed by atoms with Gasteiger partial charge in [0.2, 0.25) is 0 Å². The fourth-order valence-electron chi connectivity index (χ4n) is 2.62. The van der Waals surface area contributed by atoms with E-state index in [-0.39, 0.29) is 24.3 Å². The van der Waals surface area contributed by atoms with Crippen LogP contribution in [0.4, 0.5) is 4.39 Å². The van der Waals surface area contributed by atoms with Crippen LogP contribution < -0.4 is 5.32 Å². The van der Waals surface area contributed by atoms with Crippen molar-refractivity contribution in [3.05, 3.63) is 58.0 Å². The summed E-state index contributed by atoms with van der Waals surface area (Å²) in [4.78, 5) is 3.71. The lowest BCUT2D eigenvalue weighted by Gasteiger charge is -2.34. The summed E-state index contributed by atoms with van der Waals surface area (Å²) in [6.45, 7) is 3.99. The van der Waals surface area contributed by atoms with Gasteiger partial charge in [0.05, 0.1) is 6.04 Å². The predicted molar refractivity (Wildman–Crippen MR) is 84.3 cm³/mol. The first kappa shape index (κ1) is 15.4. The molecule has 0 unspecified atom stereocenters. The molecule has 1 aromatic heterocycles. The number of benzene rings is 1. The maximum atomic E-state index is 13.5. The quantitative estimate of drug-likeness (QED) is 0.935. The minimum Gasteiger partial charge on any atom is -0.314 e. The molecular formula is C15H18ClFN2S. The summed E-state index contributed by atoms with van der Waals surface area (Å²) >= 11 is 1.74. The van der Waals surface area contributed by atoms with Crippen LogP contribution in [0.25, 0.3) is 0 Å². The van der Waals surface area contributed by atoms with Gasteiger partial charge in [-0.1, -0.05) is 18.2 Å². The first-order valence-corrected chi connectivity index (χ1v) is 7.46. The molecule has 2 nitrogen and oxygen atoms in total. The molecule has 3 rings (SSSR count). The SMILES string of the molecule is Cl.Fc1cccc([C@H](c2cccs2)N2CCNCC2)c1. The number of hydrogen-bond acceptors (Lipinski definition) is 3. The lowest BCUT2D eigenvalue weighted by molar-refractivity contribution is 0.200. The van der Waals surface area contributed by atoms with Gasteiger partial charge in [0, 0.05) is 31.1 Å². The molecule has 0 amide bonds. The van der Waals surface area contributed by atoms with Crippen molar-refractivity contribution in [3.63, 3.8) is 0 Å². The van der Waals surface area contributed by atoms with E-state index in [4.69, 9.17) is 0 Å². The monoisotopic (exact) mass is 312 g/mol. The lowest BCUT2D eigenvalue weighted by Crippen LogP contribution is -2.45. The van der Waals surface area contributed by atoms with E-state index in [0.29, 0.717) is 0 Å². The minimum atomic E-state index is -0.158. The Morgan fingerprint density at radius 3 is 2.60 bits per heavy atom. The smallest absolute Gasteiger partial charge is 0.123 e. The number of halogens is 2. The zero-order valence-corrected chi connectivity index (χ0v) is 12.7. The Kier molecular flexibility index (Phi) is 5.54. The van der Waals surface area contributed by atoms with Gasteiger partial charge in [-0.05, 0) is 29.1 Å². The number of rotatable bonds is 3. The fraction of sp³-hybridized carbons (Fsp3) is 0.333. The Labute approximate surface area is 129 Å². The zero-order chi connectivity index (χ0) is 13.1. The van der Waals surface area contributed by atoms with E-state index in [1.165, 1.54) is 10.9 Å². The van der Waals surface area contributed by atoms with Crippen molar-refractivity contribution in [1.29, 1.82) is 0 Å². The number of nitrogens with one attached hydrogen (secondary N) is 1. The van der Waals surface area contributed by atoms with E-state index in [0.717, 1.165) is 31.7 Å². The highest BCUT2D eigenvalue weighted by Gasteiger charge is 2.24. The molecule has 1 saturated heterocycles. The van der Waals surface area contributed by atoms with Crippen LogP contribution >= 0.6 is 23.7 Å². The molecule has 1 aromatic carbocycles. The highest BCUT2D eigenvalue weighted by molar-refractivity contribution is 7.10. The van der Waals surface area contributed by atoms with Crippen LogP contribution in [0.15, 0.2) is 41.8 Å². The van der Waals surface area contributed by atoms with Gasteiger partial charge in [-0.3, -0.25) is 4.90 Å². The van der Waals surface area contributed by atoms with Crippen LogP contribution in [0.3, 0.4) is 0 Å². The molecule has 2 aromatic rings. The largest absolute Gasteiger partial charge is 0.314 e. The number of thiophene rings is 1. The maximum absolute atomic E-state index is 13.5. The van der Waals surface area contributed by atoms with Gasteiger partial charge in [-0.15, -0.1) is 23.7 Å². The molecule has 108 valence electrons. The van der Waals surface area contributed by atoms with E-state index >= 15 is 0 Å². The van der Waals surface area contributed by atoms with Crippen LogP contribution in [0.2, 0.25) is 0 Å². The first-order chi connectivity index (χ1) is 9.34. The summed E-state index contributed by atoms with van der Waals surface area (Å²) in [7, 11) is 0. The number of hydrogen-bond donors (Lipinski definition) is 1. The average Bonchev–Trinajstić information content (AvgIpc) is 2.94. The lowest BCUT2D eigenvalue weighted by atomic mass is 10.0. The summed E-state index contributed by atoms with van der Waals surface area (Å²) in [6.07, 6.45) is 0. The van der Waals surface area contributed by atoms with Gasteiger partial charge in [-0.25, -0.2) is 4.39 Å². The van der Waals surface area contributed by atoms with Crippen molar-refractivity contribution in [2.45, 2.75) is 6.04 Å². The van der Waals surface area contributed by atoms with Gasteiger partial charge < -0.3 is 5.32 Å². The highest BCUT2D eigenvalue weighted by atomic mass is 35.5. The van der Waals surface area contributed by atoms with Gasteiger partial charge in [0.15, 0.2) is 0 Å². The molecule has 20 heavy (non-hydrogen) atoms. The summed E-state index contributed by atoms with van der Waals surface area (Å²) in [5.41, 5.74) is 1.05. The summed E-state index contributed by atoms with van der Waals surface area (Å²) in [5.74, 6) is -0.158. The van der Waals surface area contributed by atoms with Crippen molar-refractivity contribution in [2.24, 2.45) is 0 Å². The molecule has 5 heteroatoms. The standard InChI is InChI=1S/C15H17FN2S.ClH/c16-13-4-1-3-12(11-13)15(14-5-2-10-19-14)18-8-6-17-7-9-18;/h1-5,10-11,15,17H,6-9H2;1H/t15-;/m1./s1. The van der Waals surface area contributed by atoms with Crippen LogP contribution in [0.1, 0.15) is 16.5 Å². The van der Waals surface area contributed by atoms with Gasteiger partial charge in [0.25, 0.3) is 0 Å². The first-order valence-electron chi connectivity index (χ1n) is 6.58. The Hall–Kier alpha value is -0.940.